The molecule has 0 saturated carbocycles. The van der Waals surface area contributed by atoms with Crippen LogP contribution in [0.2, 0.25) is 0 Å². The highest BCUT2D eigenvalue weighted by molar-refractivity contribution is 6.21. The van der Waals surface area contributed by atoms with Gasteiger partial charge in [0.15, 0.2) is 11.5 Å². The van der Waals surface area contributed by atoms with Gasteiger partial charge in [0.25, 0.3) is 0 Å². The normalized spacial score (nSPS) is 12.5. The first kappa shape index (κ1) is 17.9. The van der Waals surface area contributed by atoms with Gasteiger partial charge in [0.05, 0.1) is 27.9 Å². The van der Waals surface area contributed by atoms with Gasteiger partial charge in [-0.25, -0.2) is 4.98 Å². The van der Waals surface area contributed by atoms with Gasteiger partial charge in [0.2, 0.25) is 0 Å². The lowest BCUT2D eigenvalue weighted by molar-refractivity contribution is 0.474. The Balaban J connectivity index is 1.44. The molecule has 1 aliphatic rings. The van der Waals surface area contributed by atoms with Crippen LogP contribution in [0.3, 0.4) is 0 Å². The number of ether oxygens (including phenoxy) is 1. The van der Waals surface area contributed by atoms with Gasteiger partial charge in [-0.2, -0.15) is 0 Å². The van der Waals surface area contributed by atoms with Crippen LogP contribution in [-0.2, 0) is 0 Å². The van der Waals surface area contributed by atoms with Crippen LogP contribution in [0.25, 0.3) is 55.0 Å². The molecule has 3 heterocycles. The Morgan fingerprint density at radius 3 is 2.47 bits per heavy atom. The molecule has 0 atom stereocenters. The average molecular weight is 438 g/mol. The second-order valence-electron chi connectivity index (χ2n) is 8.91. The van der Waals surface area contributed by atoms with E-state index in [9.17, 15) is 0 Å². The zero-order valence-corrected chi connectivity index (χ0v) is 18.5. The maximum atomic E-state index is 6.42. The number of nitrogens with zero attached hydrogens (tertiary/aromatic N) is 3. The second kappa shape index (κ2) is 6.27. The van der Waals surface area contributed by atoms with Crippen molar-refractivity contribution in [1.29, 1.82) is 0 Å². The van der Waals surface area contributed by atoms with E-state index in [0.29, 0.717) is 0 Å². The van der Waals surface area contributed by atoms with Gasteiger partial charge in [0.1, 0.15) is 11.3 Å². The summed E-state index contributed by atoms with van der Waals surface area (Å²) in [7, 11) is 0. The zero-order chi connectivity index (χ0) is 22.4. The van der Waals surface area contributed by atoms with Crippen molar-refractivity contribution in [3.05, 3.63) is 103 Å². The van der Waals surface area contributed by atoms with Crippen LogP contribution >= 0.6 is 0 Å². The Kier molecular flexibility index (Phi) is 3.30. The van der Waals surface area contributed by atoms with E-state index in [0.717, 1.165) is 39.7 Å². The predicted octanol–water partition coefficient (Wildman–Crippen LogP) is 7.69. The Bertz CT molecular complexity index is 1960. The molecule has 5 aromatic carbocycles. The van der Waals surface area contributed by atoms with Gasteiger partial charge in [-0.3, -0.25) is 4.57 Å². The molecular formula is C30H19N3O. The molecule has 7 aromatic rings. The molecule has 1 aliphatic heterocycles. The molecule has 0 amide bonds. The van der Waals surface area contributed by atoms with E-state index in [2.05, 4.69) is 88.0 Å². The molecule has 4 heteroatoms. The number of aryl methyl sites for hydroxylation is 1. The largest absolute Gasteiger partial charge is 0.453 e. The van der Waals surface area contributed by atoms with Crippen LogP contribution in [0.1, 0.15) is 5.82 Å². The molecule has 8 rings (SSSR count). The Labute approximate surface area is 195 Å². The van der Waals surface area contributed by atoms with Gasteiger partial charge in [-0.1, -0.05) is 54.6 Å². The number of fused-ring (bicyclic) bond motifs is 7. The third-order valence-electron chi connectivity index (χ3n) is 7.03. The van der Waals surface area contributed by atoms with Crippen molar-refractivity contribution in [3.63, 3.8) is 0 Å². The van der Waals surface area contributed by atoms with Crippen molar-refractivity contribution in [3.8, 4) is 22.9 Å². The maximum Gasteiger partial charge on any atom is 0.153 e. The summed E-state index contributed by atoms with van der Waals surface area (Å²) >= 11 is 0. The molecule has 2 aromatic heterocycles. The van der Waals surface area contributed by atoms with Crippen LogP contribution in [0.5, 0.6) is 11.5 Å². The average Bonchev–Trinajstić information content (AvgIpc) is 3.40. The van der Waals surface area contributed by atoms with Gasteiger partial charge in [-0.05, 0) is 54.1 Å². The molecule has 0 spiro atoms. The summed E-state index contributed by atoms with van der Waals surface area (Å²) in [5, 5.41) is 5.06. The molecule has 0 N–H and O–H groups in total. The van der Waals surface area contributed by atoms with Crippen molar-refractivity contribution in [1.82, 2.24) is 14.1 Å². The van der Waals surface area contributed by atoms with E-state index >= 15 is 0 Å². The first-order valence-corrected chi connectivity index (χ1v) is 11.5. The lowest BCUT2D eigenvalue weighted by atomic mass is 10.0. The van der Waals surface area contributed by atoms with Crippen LogP contribution in [0, 0.1) is 6.92 Å². The minimum absolute atomic E-state index is 0.838. The molecule has 0 fully saturated rings. The summed E-state index contributed by atoms with van der Waals surface area (Å²) in [6.45, 7) is 2.05. The highest BCUT2D eigenvalue weighted by Gasteiger charge is 2.24. The van der Waals surface area contributed by atoms with E-state index in [1.54, 1.807) is 0 Å². The Hall–Kier alpha value is -4.57. The van der Waals surface area contributed by atoms with Crippen molar-refractivity contribution in [2.45, 2.75) is 6.92 Å². The minimum Gasteiger partial charge on any atom is -0.453 e. The van der Waals surface area contributed by atoms with Crippen LogP contribution < -0.4 is 4.74 Å². The van der Waals surface area contributed by atoms with Crippen LogP contribution in [0.15, 0.2) is 97.1 Å². The number of imidazole rings is 1. The predicted molar refractivity (Wildman–Crippen MR) is 138 cm³/mol. The number of aromatic nitrogens is 3. The summed E-state index contributed by atoms with van der Waals surface area (Å²) < 4.78 is 11.0. The fraction of sp³-hybridized carbons (Fsp3) is 0.0333. The Morgan fingerprint density at radius 2 is 1.53 bits per heavy atom. The van der Waals surface area contributed by atoms with Crippen LogP contribution in [0.4, 0.5) is 0 Å². The lowest BCUT2D eigenvalue weighted by Gasteiger charge is -2.21. The van der Waals surface area contributed by atoms with Crippen molar-refractivity contribution in [2.75, 3.05) is 0 Å². The molecule has 4 nitrogen and oxygen atoms in total. The van der Waals surface area contributed by atoms with E-state index in [-0.39, 0.29) is 0 Å². The van der Waals surface area contributed by atoms with Crippen molar-refractivity contribution < 1.29 is 4.74 Å². The molecule has 0 aliphatic carbocycles. The molecule has 0 radical (unpaired) electrons. The van der Waals surface area contributed by atoms with Crippen molar-refractivity contribution >= 4 is 43.6 Å². The molecule has 0 bridgehead atoms. The van der Waals surface area contributed by atoms with Gasteiger partial charge < -0.3 is 9.30 Å². The molecular weight excluding hydrogens is 418 g/mol. The van der Waals surface area contributed by atoms with E-state index < -0.39 is 0 Å². The highest BCUT2D eigenvalue weighted by Crippen LogP contribution is 2.43. The third kappa shape index (κ3) is 2.20. The fourth-order valence-electron chi connectivity index (χ4n) is 5.63. The number of hydrogen-bond acceptors (Lipinski definition) is 2. The monoisotopic (exact) mass is 437 g/mol. The van der Waals surface area contributed by atoms with Crippen molar-refractivity contribution in [2.24, 2.45) is 0 Å². The summed E-state index contributed by atoms with van der Waals surface area (Å²) in [6, 6.07) is 34.2. The summed E-state index contributed by atoms with van der Waals surface area (Å²) in [5.74, 6) is 2.64. The summed E-state index contributed by atoms with van der Waals surface area (Å²) in [4.78, 5) is 4.74. The van der Waals surface area contributed by atoms with Crippen LogP contribution in [-0.4, -0.2) is 14.1 Å². The van der Waals surface area contributed by atoms with Gasteiger partial charge >= 0.3 is 0 Å². The number of hydrogen-bond donors (Lipinski definition) is 0. The SMILES string of the molecule is Cc1nc2cccc3c2n1-c1ccc(-n2c4ccccc4c4c5ccccc5ccc42)cc1O3. The Morgan fingerprint density at radius 1 is 0.676 bits per heavy atom. The molecule has 0 unspecified atom stereocenters. The number of benzene rings is 5. The standard InChI is InChI=1S/C30H19N3O/c1-18-31-23-10-6-12-27-30(23)32(18)25-16-14-20(17-28(25)34-27)33-24-11-5-4-9-22(24)29-21-8-3-2-7-19(21)13-15-26(29)33/h2-17H,1H3. The van der Waals surface area contributed by atoms with E-state index in [1.165, 1.54) is 32.6 Å². The first-order chi connectivity index (χ1) is 16.8. The minimum atomic E-state index is 0.838. The third-order valence-corrected chi connectivity index (χ3v) is 7.03. The second-order valence-corrected chi connectivity index (χ2v) is 8.91. The molecule has 0 saturated heterocycles. The fourth-order valence-corrected chi connectivity index (χ4v) is 5.63. The smallest absolute Gasteiger partial charge is 0.153 e. The number of rotatable bonds is 1. The topological polar surface area (TPSA) is 32.0 Å². The lowest BCUT2D eigenvalue weighted by Crippen LogP contribution is -2.06. The molecule has 34 heavy (non-hydrogen) atoms. The first-order valence-electron chi connectivity index (χ1n) is 11.5. The van der Waals surface area contributed by atoms with Gasteiger partial charge in [-0.15, -0.1) is 0 Å². The number of para-hydroxylation sites is 2. The quantitative estimate of drug-likeness (QED) is 0.264. The zero-order valence-electron chi connectivity index (χ0n) is 18.5. The summed E-state index contributed by atoms with van der Waals surface area (Å²) in [5.41, 5.74) is 6.47. The summed E-state index contributed by atoms with van der Waals surface area (Å²) in [6.07, 6.45) is 0. The molecule has 160 valence electrons. The van der Waals surface area contributed by atoms with E-state index in [4.69, 9.17) is 9.72 Å². The van der Waals surface area contributed by atoms with E-state index in [1.807, 2.05) is 25.1 Å². The highest BCUT2D eigenvalue weighted by atomic mass is 16.5. The maximum absolute atomic E-state index is 6.42. The van der Waals surface area contributed by atoms with Gasteiger partial charge in [0, 0.05) is 16.8 Å².